The van der Waals surface area contributed by atoms with Crippen LogP contribution in [0.4, 0.5) is 0 Å². The van der Waals surface area contributed by atoms with Crippen LogP contribution in [0.15, 0.2) is 22.7 Å². The van der Waals surface area contributed by atoms with E-state index in [9.17, 15) is 9.59 Å². The van der Waals surface area contributed by atoms with Crippen LogP contribution in [0, 0.1) is 5.92 Å². The minimum Gasteiger partial charge on any atom is -0.356 e. The van der Waals surface area contributed by atoms with Gasteiger partial charge in [0.1, 0.15) is 0 Å². The van der Waals surface area contributed by atoms with Crippen molar-refractivity contribution < 1.29 is 9.59 Å². The Labute approximate surface area is 132 Å². The number of amides is 2. The van der Waals surface area contributed by atoms with Gasteiger partial charge >= 0.3 is 0 Å². The molecule has 0 aliphatic heterocycles. The van der Waals surface area contributed by atoms with Crippen molar-refractivity contribution in [1.29, 1.82) is 0 Å². The molecule has 20 heavy (non-hydrogen) atoms. The zero-order valence-corrected chi connectivity index (χ0v) is 13.8. The molecule has 1 rings (SSSR count). The molecule has 0 radical (unpaired) electrons. The summed E-state index contributed by atoms with van der Waals surface area (Å²) in [5.74, 6) is 0.0937. The first kappa shape index (κ1) is 17.0. The molecular formula is C14H18BrClN2O2. The van der Waals surface area contributed by atoms with E-state index in [1.54, 1.807) is 18.2 Å². The van der Waals surface area contributed by atoms with Gasteiger partial charge in [-0.1, -0.05) is 25.4 Å². The molecule has 0 fully saturated rings. The summed E-state index contributed by atoms with van der Waals surface area (Å²) in [4.78, 5) is 23.4. The lowest BCUT2D eigenvalue weighted by Gasteiger charge is -2.09. The monoisotopic (exact) mass is 360 g/mol. The summed E-state index contributed by atoms with van der Waals surface area (Å²) in [6.45, 7) is 4.99. The predicted octanol–water partition coefficient (Wildman–Crippen LogP) is 2.99. The van der Waals surface area contributed by atoms with Gasteiger partial charge in [-0.15, -0.1) is 0 Å². The van der Waals surface area contributed by atoms with Crippen molar-refractivity contribution in [3.05, 3.63) is 33.3 Å². The second kappa shape index (κ2) is 8.27. The molecule has 0 aliphatic rings. The molecule has 0 unspecified atom stereocenters. The first-order valence-corrected chi connectivity index (χ1v) is 7.57. The van der Waals surface area contributed by atoms with E-state index in [1.165, 1.54) is 0 Å². The Balaban J connectivity index is 2.40. The molecule has 110 valence electrons. The van der Waals surface area contributed by atoms with Gasteiger partial charge in [-0.2, -0.15) is 0 Å². The lowest BCUT2D eigenvalue weighted by molar-refractivity contribution is -0.121. The molecule has 0 saturated heterocycles. The molecule has 0 heterocycles. The molecule has 0 atom stereocenters. The molecule has 0 aliphatic carbocycles. The van der Waals surface area contributed by atoms with Gasteiger partial charge in [0.2, 0.25) is 5.91 Å². The maximum atomic E-state index is 11.9. The van der Waals surface area contributed by atoms with Crippen LogP contribution in [-0.4, -0.2) is 24.9 Å². The number of halogens is 2. The van der Waals surface area contributed by atoms with Gasteiger partial charge in [0.05, 0.1) is 5.56 Å². The fourth-order valence-electron chi connectivity index (χ4n) is 1.46. The number of rotatable bonds is 6. The Morgan fingerprint density at radius 3 is 2.65 bits per heavy atom. The van der Waals surface area contributed by atoms with E-state index in [1.807, 2.05) is 13.8 Å². The van der Waals surface area contributed by atoms with E-state index in [2.05, 4.69) is 26.6 Å². The number of nitrogens with one attached hydrogen (secondary N) is 2. The van der Waals surface area contributed by atoms with Gasteiger partial charge in [-0.05, 0) is 40.0 Å². The van der Waals surface area contributed by atoms with Crippen LogP contribution < -0.4 is 10.6 Å². The molecule has 0 saturated carbocycles. The minimum atomic E-state index is -0.254. The third kappa shape index (κ3) is 5.92. The van der Waals surface area contributed by atoms with Crippen molar-refractivity contribution in [2.45, 2.75) is 20.3 Å². The van der Waals surface area contributed by atoms with Gasteiger partial charge in [0.15, 0.2) is 0 Å². The third-order valence-electron chi connectivity index (χ3n) is 2.52. The summed E-state index contributed by atoms with van der Waals surface area (Å²) in [5, 5.41) is 5.99. The van der Waals surface area contributed by atoms with Crippen LogP contribution in [0.25, 0.3) is 0 Å². The molecule has 0 spiro atoms. The molecule has 4 nitrogen and oxygen atoms in total. The molecular weight excluding hydrogens is 344 g/mol. The number of hydrogen-bond donors (Lipinski definition) is 2. The first-order valence-electron chi connectivity index (χ1n) is 6.40. The smallest absolute Gasteiger partial charge is 0.252 e. The number of benzene rings is 1. The van der Waals surface area contributed by atoms with Crippen LogP contribution in [0.1, 0.15) is 30.6 Å². The number of carbonyl (C=O) groups excluding carboxylic acids is 2. The van der Waals surface area contributed by atoms with E-state index >= 15 is 0 Å². The quantitative estimate of drug-likeness (QED) is 0.818. The average molecular weight is 362 g/mol. The molecule has 2 N–H and O–H groups in total. The van der Waals surface area contributed by atoms with Crippen LogP contribution in [0.2, 0.25) is 5.02 Å². The van der Waals surface area contributed by atoms with Crippen molar-refractivity contribution in [2.75, 3.05) is 13.1 Å². The highest BCUT2D eigenvalue weighted by atomic mass is 79.9. The van der Waals surface area contributed by atoms with Gasteiger partial charge in [-0.3, -0.25) is 9.59 Å². The maximum Gasteiger partial charge on any atom is 0.252 e. The fraction of sp³-hybridized carbons (Fsp3) is 0.429. The second-order valence-electron chi connectivity index (χ2n) is 4.83. The average Bonchev–Trinajstić information content (AvgIpc) is 2.39. The second-order valence-corrected chi connectivity index (χ2v) is 6.12. The van der Waals surface area contributed by atoms with Gasteiger partial charge in [-0.25, -0.2) is 0 Å². The lowest BCUT2D eigenvalue weighted by Crippen LogP contribution is -2.32. The molecule has 1 aromatic rings. The summed E-state index contributed by atoms with van der Waals surface area (Å²) < 4.78 is 0.670. The fourth-order valence-corrected chi connectivity index (χ4v) is 2.06. The largest absolute Gasteiger partial charge is 0.356 e. The highest BCUT2D eigenvalue weighted by Crippen LogP contribution is 2.20. The summed E-state index contributed by atoms with van der Waals surface area (Å²) >= 11 is 9.15. The molecule has 1 aromatic carbocycles. The zero-order chi connectivity index (χ0) is 15.1. The number of hydrogen-bond acceptors (Lipinski definition) is 2. The summed E-state index contributed by atoms with van der Waals surface area (Å²) in [5.41, 5.74) is 0.458. The van der Waals surface area contributed by atoms with Crippen molar-refractivity contribution in [2.24, 2.45) is 5.92 Å². The Morgan fingerprint density at radius 1 is 1.30 bits per heavy atom. The van der Waals surface area contributed by atoms with E-state index in [4.69, 9.17) is 11.6 Å². The SMILES string of the molecule is CC(C)CNC(=O)CCNC(=O)c1cc(Cl)ccc1Br. The predicted molar refractivity (Wildman–Crippen MR) is 83.9 cm³/mol. The standard InChI is InChI=1S/C14H18BrClN2O2/c1-9(2)8-18-13(19)5-6-17-14(20)11-7-10(16)3-4-12(11)15/h3-4,7,9H,5-6,8H2,1-2H3,(H,17,20)(H,18,19). The zero-order valence-electron chi connectivity index (χ0n) is 11.5. The maximum absolute atomic E-state index is 11.9. The van der Waals surface area contributed by atoms with Crippen molar-refractivity contribution >= 4 is 39.3 Å². The normalized spacial score (nSPS) is 10.4. The Bertz CT molecular complexity index is 492. The molecule has 0 bridgehead atoms. The Morgan fingerprint density at radius 2 is 2.00 bits per heavy atom. The van der Waals surface area contributed by atoms with Crippen LogP contribution in [0.3, 0.4) is 0 Å². The van der Waals surface area contributed by atoms with Gasteiger partial charge < -0.3 is 10.6 Å². The highest BCUT2D eigenvalue weighted by Gasteiger charge is 2.11. The molecule has 0 aromatic heterocycles. The van der Waals surface area contributed by atoms with E-state index in [0.29, 0.717) is 34.1 Å². The van der Waals surface area contributed by atoms with Gasteiger partial charge in [0.25, 0.3) is 5.91 Å². The Kier molecular flexibility index (Phi) is 7.02. The summed E-state index contributed by atoms with van der Waals surface area (Å²) in [6, 6.07) is 4.99. The first-order chi connectivity index (χ1) is 9.40. The summed E-state index contributed by atoms with van der Waals surface area (Å²) in [7, 11) is 0. The van der Waals surface area contributed by atoms with Crippen molar-refractivity contribution in [3.63, 3.8) is 0 Å². The molecule has 2 amide bonds. The van der Waals surface area contributed by atoms with Crippen molar-refractivity contribution in [1.82, 2.24) is 10.6 Å². The van der Waals surface area contributed by atoms with E-state index in [-0.39, 0.29) is 18.2 Å². The highest BCUT2D eigenvalue weighted by molar-refractivity contribution is 9.10. The molecule has 6 heteroatoms. The van der Waals surface area contributed by atoms with Crippen LogP contribution in [-0.2, 0) is 4.79 Å². The lowest BCUT2D eigenvalue weighted by atomic mass is 10.2. The topological polar surface area (TPSA) is 58.2 Å². The van der Waals surface area contributed by atoms with Gasteiger partial charge in [0, 0.05) is 29.0 Å². The van der Waals surface area contributed by atoms with Crippen molar-refractivity contribution in [3.8, 4) is 0 Å². The van der Waals surface area contributed by atoms with Crippen LogP contribution >= 0.6 is 27.5 Å². The minimum absolute atomic E-state index is 0.0656. The van der Waals surface area contributed by atoms with E-state index in [0.717, 1.165) is 0 Å². The number of carbonyl (C=O) groups is 2. The van der Waals surface area contributed by atoms with E-state index < -0.39 is 0 Å². The third-order valence-corrected chi connectivity index (χ3v) is 3.44. The Hall–Kier alpha value is -1.07. The van der Waals surface area contributed by atoms with Crippen LogP contribution in [0.5, 0.6) is 0 Å². The summed E-state index contributed by atoms with van der Waals surface area (Å²) in [6.07, 6.45) is 0.261.